The van der Waals surface area contributed by atoms with E-state index >= 15 is 0 Å². The fourth-order valence-corrected chi connectivity index (χ4v) is 19.1. The summed E-state index contributed by atoms with van der Waals surface area (Å²) in [6, 6.07) is 47.2. The summed E-state index contributed by atoms with van der Waals surface area (Å²) in [4.78, 5) is 52.3. The molecule has 12 aromatic rings. The van der Waals surface area contributed by atoms with E-state index in [0.29, 0.717) is 63.4 Å². The van der Waals surface area contributed by atoms with E-state index in [1.807, 2.05) is 55.0 Å². The average molecular weight is 1620 g/mol. The first kappa shape index (κ1) is 80.8. The number of aromatic nitrogens is 5. The van der Waals surface area contributed by atoms with Gasteiger partial charge in [-0.2, -0.15) is 5.10 Å². The molecule has 5 aliphatic rings. The van der Waals surface area contributed by atoms with E-state index in [4.69, 9.17) is 14.2 Å². The zero-order valence-corrected chi connectivity index (χ0v) is 68.5. The Morgan fingerprint density at radius 3 is 1.18 bits per heavy atom. The monoisotopic (exact) mass is 1620 g/mol. The Kier molecular flexibility index (Phi) is 21.8. The number of rotatable bonds is 22. The lowest BCUT2D eigenvalue weighted by atomic mass is 9.84. The molecular weight excluding hydrogens is 1530 g/mol. The molecule has 0 unspecified atom stereocenters. The number of aliphatic imine (C=N–C) groups is 3. The van der Waals surface area contributed by atoms with Crippen molar-refractivity contribution in [3.05, 3.63) is 249 Å². The number of hydrogen-bond acceptors (Lipinski definition) is 14. The number of carboxylic acid groups (broad SMARTS) is 1. The van der Waals surface area contributed by atoms with Crippen molar-refractivity contribution in [3.8, 4) is 50.4 Å². The molecule has 1 saturated heterocycles. The minimum Gasteiger partial charge on any atom is -0.480 e. The molecule has 4 aliphatic heterocycles. The maximum Gasteiger partial charge on any atom is 0.325 e. The fourth-order valence-electron chi connectivity index (χ4n) is 17.0. The minimum absolute atomic E-state index is 0.142. The van der Waals surface area contributed by atoms with Crippen molar-refractivity contribution in [2.24, 2.45) is 15.0 Å². The largest absolute Gasteiger partial charge is 0.480 e. The van der Waals surface area contributed by atoms with Crippen LogP contribution in [0.4, 0.5) is 13.2 Å². The molecule has 8 heterocycles. The van der Waals surface area contributed by atoms with Crippen LogP contribution in [-0.4, -0.2) is 170 Å². The molecule has 1 saturated carbocycles. The third kappa shape index (κ3) is 15.8. The number of ether oxygens (including phenoxy) is 3. The van der Waals surface area contributed by atoms with Gasteiger partial charge in [0.15, 0.2) is 9.84 Å². The number of methoxy groups -OCH3 is 3. The first-order valence-corrected chi connectivity index (χ1v) is 42.5. The highest BCUT2D eigenvalue weighted by Gasteiger charge is 2.41. The zero-order chi connectivity index (χ0) is 82.9. The Morgan fingerprint density at radius 1 is 0.487 bits per heavy atom. The van der Waals surface area contributed by atoms with Gasteiger partial charge in [-0.05, 0) is 191 Å². The van der Waals surface area contributed by atoms with E-state index in [-0.39, 0.29) is 60.2 Å². The molecule has 8 aromatic carbocycles. The second kappa shape index (κ2) is 31.6. The lowest BCUT2D eigenvalue weighted by Crippen LogP contribution is -2.56. The molecule has 2 N–H and O–H groups in total. The Balaban J connectivity index is 0.000000138. The number of nitrogens with one attached hydrogen (secondary N) is 1. The second-order valence-electron chi connectivity index (χ2n) is 32.9. The molecule has 21 nitrogen and oxygen atoms in total. The number of aliphatic carboxylic acids is 1. The minimum atomic E-state index is -3.17. The average Bonchev–Trinajstić information content (AvgIpc) is 1.57. The summed E-state index contributed by atoms with van der Waals surface area (Å²) in [6.45, 7) is 16.1. The second-order valence-corrected chi connectivity index (χ2v) is 37.6. The molecule has 4 aromatic heterocycles. The Morgan fingerprint density at radius 2 is 0.838 bits per heavy atom. The molecule has 26 heteroatoms. The van der Waals surface area contributed by atoms with E-state index in [1.165, 1.54) is 53.6 Å². The standard InChI is InChI=1S/C33H34FN3O4S.C32H32FN3O4S.C26H25FN4O3/c1-33(2,19-41-3)31-30(20-5-7-21(8-6-20)32(38)36-25-15-27(16-25)42(4,39)40)28-13-22-17-35-18-23(22)14-29(28)37(31)26-11-9-24(34)10-12-26;1-32(2,19-40-3)30-29(20-5-7-21(8-6-20)31(37)35-17-26(18-35)41(4,38)39)27-13-22-15-34-16-23(22)14-28(27)36(30)25-11-9-24(33)10-12-25;1-26(2,15-34-3)25-24(18-12-29-30(13-18)14-23(32)33)21-8-16-10-28-11-17(16)9-22(21)31(25)20-6-4-19(27)5-7-20/h5-14,18,25,27H,15-17,19H2,1-4H3,(H,36,38);5-14,16,26H,15,17-19H2,1-4H3;4-9,11-13H,10,14-15H2,1-3H3,(H,32,33). The van der Waals surface area contributed by atoms with Crippen LogP contribution in [0.25, 0.3) is 83.2 Å². The van der Waals surface area contributed by atoms with Crippen molar-refractivity contribution in [3.63, 3.8) is 0 Å². The Labute approximate surface area is 677 Å². The Bertz CT molecular complexity index is 6250. The number of nitrogens with zero attached hydrogens (tertiary/aromatic N) is 9. The molecule has 117 heavy (non-hydrogen) atoms. The summed E-state index contributed by atoms with van der Waals surface area (Å²) >= 11 is 0. The van der Waals surface area contributed by atoms with E-state index in [9.17, 15) is 49.5 Å². The van der Waals surface area contributed by atoms with Crippen molar-refractivity contribution >= 4 is 88.8 Å². The number of carboxylic acids is 1. The van der Waals surface area contributed by atoms with Crippen molar-refractivity contribution in [2.45, 2.75) is 113 Å². The molecule has 2 amide bonds. The third-order valence-electron chi connectivity index (χ3n) is 22.7. The van der Waals surface area contributed by atoms with Crippen LogP contribution in [0.3, 0.4) is 0 Å². The van der Waals surface area contributed by atoms with Crippen LogP contribution in [0.2, 0.25) is 0 Å². The number of carbonyl (C=O) groups is 3. The third-order valence-corrected chi connectivity index (χ3v) is 25.8. The lowest BCUT2D eigenvalue weighted by molar-refractivity contribution is -0.137. The summed E-state index contributed by atoms with van der Waals surface area (Å²) in [5.74, 6) is -2.27. The number of benzene rings is 8. The van der Waals surface area contributed by atoms with Crippen LogP contribution < -0.4 is 5.32 Å². The van der Waals surface area contributed by atoms with E-state index in [2.05, 4.69) is 117 Å². The van der Waals surface area contributed by atoms with Crippen LogP contribution in [-0.2, 0) is 81.1 Å². The highest BCUT2D eigenvalue weighted by Crippen LogP contribution is 2.49. The van der Waals surface area contributed by atoms with Gasteiger partial charge in [0, 0.05) is 178 Å². The summed E-state index contributed by atoms with van der Waals surface area (Å²) in [5, 5.41) is 18.7. The maximum absolute atomic E-state index is 14.0. The predicted octanol–water partition coefficient (Wildman–Crippen LogP) is 15.3. The van der Waals surface area contributed by atoms with Crippen molar-refractivity contribution in [2.75, 3.05) is 66.8 Å². The normalized spacial score (nSPS) is 15.7. The van der Waals surface area contributed by atoms with E-state index in [1.54, 1.807) is 87.2 Å². The highest BCUT2D eigenvalue weighted by molar-refractivity contribution is 7.91. The number of likely N-dealkylation sites (tertiary alicyclic amines) is 1. The first-order chi connectivity index (χ1) is 55.7. The summed E-state index contributed by atoms with van der Waals surface area (Å²) in [7, 11) is -1.22. The van der Waals surface area contributed by atoms with Crippen LogP contribution >= 0.6 is 0 Å². The van der Waals surface area contributed by atoms with Crippen molar-refractivity contribution in [1.82, 2.24) is 33.7 Å². The number of fused-ring (bicyclic) bond motifs is 6. The smallest absolute Gasteiger partial charge is 0.325 e. The molecular formula is C91H91F3N10O11S2. The van der Waals surface area contributed by atoms with Crippen LogP contribution in [0.1, 0.15) is 126 Å². The van der Waals surface area contributed by atoms with Gasteiger partial charge in [-0.1, -0.05) is 65.8 Å². The van der Waals surface area contributed by atoms with Crippen molar-refractivity contribution < 1.29 is 63.7 Å². The molecule has 604 valence electrons. The van der Waals surface area contributed by atoms with Gasteiger partial charge >= 0.3 is 5.97 Å². The highest BCUT2D eigenvalue weighted by atomic mass is 32.2. The molecule has 2 fully saturated rings. The fraction of sp³-hybridized carbons (Fsp3) is 0.308. The predicted molar refractivity (Wildman–Crippen MR) is 452 cm³/mol. The number of hydrogen-bond donors (Lipinski definition) is 2. The molecule has 0 bridgehead atoms. The van der Waals surface area contributed by atoms with E-state index in [0.717, 1.165) is 134 Å². The van der Waals surface area contributed by atoms with Crippen LogP contribution in [0.15, 0.2) is 185 Å². The topological polar surface area (TPSA) is 252 Å². The SMILES string of the molecule is COCC(C)(C)c1c(-c2ccc(C(=O)N3CC(S(C)(=O)=O)C3)cc2)c2cc3c(cc2n1-c1ccc(F)cc1)C=NC3.COCC(C)(C)c1c(-c2ccc(C(=O)NC3CC(S(C)(=O)=O)C3)cc2)c2cc3c(cc2n1-c1ccc(F)cc1)C=NC3.COCC(C)(C)c1c(-c2cnn(CC(=O)O)c2)c2cc3c(cc2n1-c1ccc(F)cc1)C=NC3. The van der Waals surface area contributed by atoms with Gasteiger partial charge < -0.3 is 43.2 Å². The maximum atomic E-state index is 14.0. The summed E-state index contributed by atoms with van der Waals surface area (Å²) in [6.07, 6.45) is 12.4. The molecule has 1 aliphatic carbocycles. The van der Waals surface area contributed by atoms with Gasteiger partial charge in [-0.3, -0.25) is 34.0 Å². The summed E-state index contributed by atoms with van der Waals surface area (Å²) in [5.41, 5.74) is 20.4. The zero-order valence-electron chi connectivity index (χ0n) is 66.9. The van der Waals surface area contributed by atoms with Crippen molar-refractivity contribution in [1.29, 1.82) is 0 Å². The first-order valence-electron chi connectivity index (χ1n) is 38.6. The molecule has 0 radical (unpaired) electrons. The van der Waals surface area contributed by atoms with Crippen LogP contribution in [0, 0.1) is 17.5 Å². The summed E-state index contributed by atoms with van der Waals surface area (Å²) < 4.78 is 114. The molecule has 17 rings (SSSR count). The number of sulfone groups is 2. The van der Waals surface area contributed by atoms with Crippen LogP contribution in [0.5, 0.6) is 0 Å². The van der Waals surface area contributed by atoms with Gasteiger partial charge in [0.1, 0.15) is 33.8 Å². The van der Waals surface area contributed by atoms with Gasteiger partial charge in [-0.25, -0.2) is 30.0 Å². The number of carbonyl (C=O) groups excluding carboxylic acids is 2. The number of amides is 2. The Hall–Kier alpha value is -11.4. The van der Waals surface area contributed by atoms with Gasteiger partial charge in [0.05, 0.1) is 72.7 Å². The lowest BCUT2D eigenvalue weighted by Gasteiger charge is -2.38. The number of halogens is 3. The quantitative estimate of drug-likeness (QED) is 0.0643. The van der Waals surface area contributed by atoms with E-state index < -0.39 is 47.1 Å². The molecule has 0 spiro atoms. The molecule has 0 atom stereocenters. The van der Waals surface area contributed by atoms with Gasteiger partial charge in [0.2, 0.25) is 0 Å². The van der Waals surface area contributed by atoms with Gasteiger partial charge in [-0.15, -0.1) is 0 Å². The van der Waals surface area contributed by atoms with Gasteiger partial charge in [0.25, 0.3) is 11.8 Å².